The van der Waals surface area contributed by atoms with E-state index in [1.54, 1.807) is 7.11 Å². The molecule has 0 aliphatic carbocycles. The van der Waals surface area contributed by atoms with Crippen LogP contribution in [0, 0.1) is 0 Å². The number of ether oxygens (including phenoxy) is 2. The molecule has 0 bridgehead atoms. The molecular formula is C17H27NO3. The Kier molecular flexibility index (Phi) is 7.23. The summed E-state index contributed by atoms with van der Waals surface area (Å²) in [6, 6.07) is 7.42. The van der Waals surface area contributed by atoms with Crippen LogP contribution in [-0.2, 0) is 9.53 Å². The molecule has 1 aromatic rings. The lowest BCUT2D eigenvalue weighted by Gasteiger charge is -2.26. The lowest BCUT2D eigenvalue weighted by molar-refractivity contribution is -0.136. The Labute approximate surface area is 127 Å². The van der Waals surface area contributed by atoms with E-state index < -0.39 is 5.60 Å². The first-order valence-electron chi connectivity index (χ1n) is 7.65. The summed E-state index contributed by atoms with van der Waals surface area (Å²) in [5, 5.41) is 2.91. The molecule has 21 heavy (non-hydrogen) atoms. The van der Waals surface area contributed by atoms with E-state index in [1.165, 1.54) is 0 Å². The largest absolute Gasteiger partial charge is 0.494 e. The van der Waals surface area contributed by atoms with Gasteiger partial charge in [0.2, 0.25) is 0 Å². The number of anilines is 1. The number of benzene rings is 1. The van der Waals surface area contributed by atoms with Crippen LogP contribution < -0.4 is 10.1 Å². The molecule has 4 nitrogen and oxygen atoms in total. The zero-order valence-corrected chi connectivity index (χ0v) is 13.6. The molecule has 0 aromatic heterocycles. The van der Waals surface area contributed by atoms with Crippen molar-refractivity contribution in [2.75, 3.05) is 19.0 Å². The molecule has 1 unspecified atom stereocenters. The predicted molar refractivity (Wildman–Crippen MR) is 85.8 cm³/mol. The molecule has 1 atom stereocenters. The van der Waals surface area contributed by atoms with Crippen LogP contribution in [0.3, 0.4) is 0 Å². The standard InChI is InChI=1S/C17H27NO3/c1-5-7-12-17(3,20-4)16(19)18-14-8-10-15(11-9-14)21-13-6-2/h8-11H,5-7,12-13H2,1-4H3,(H,18,19). The van der Waals surface area contributed by atoms with Gasteiger partial charge in [-0.2, -0.15) is 0 Å². The van der Waals surface area contributed by atoms with Gasteiger partial charge in [-0.1, -0.05) is 26.7 Å². The molecule has 0 saturated heterocycles. The number of rotatable bonds is 9. The molecule has 0 aliphatic heterocycles. The molecule has 1 aromatic carbocycles. The number of carbonyl (C=O) groups excluding carboxylic acids is 1. The second-order valence-corrected chi connectivity index (χ2v) is 5.37. The normalized spacial score (nSPS) is 13.5. The Morgan fingerprint density at radius 2 is 1.86 bits per heavy atom. The SMILES string of the molecule is CCCCC(C)(OC)C(=O)Nc1ccc(OCCC)cc1. The summed E-state index contributed by atoms with van der Waals surface area (Å²) in [5.74, 6) is 0.705. The summed E-state index contributed by atoms with van der Waals surface area (Å²) in [6.07, 6.45) is 3.68. The van der Waals surface area contributed by atoms with E-state index in [2.05, 4.69) is 19.2 Å². The van der Waals surface area contributed by atoms with Gasteiger partial charge in [0.25, 0.3) is 5.91 Å². The van der Waals surface area contributed by atoms with Crippen LogP contribution in [0.2, 0.25) is 0 Å². The fourth-order valence-electron chi connectivity index (χ4n) is 1.94. The molecule has 1 N–H and O–H groups in total. The molecule has 0 heterocycles. The van der Waals surface area contributed by atoms with Crippen molar-refractivity contribution in [3.8, 4) is 5.75 Å². The molecular weight excluding hydrogens is 266 g/mol. The average molecular weight is 293 g/mol. The van der Waals surface area contributed by atoms with E-state index in [-0.39, 0.29) is 5.91 Å². The van der Waals surface area contributed by atoms with E-state index >= 15 is 0 Å². The molecule has 118 valence electrons. The van der Waals surface area contributed by atoms with Crippen molar-refractivity contribution in [1.82, 2.24) is 0 Å². The minimum Gasteiger partial charge on any atom is -0.494 e. The molecule has 1 amide bonds. The number of nitrogens with one attached hydrogen (secondary N) is 1. The fourth-order valence-corrected chi connectivity index (χ4v) is 1.94. The van der Waals surface area contributed by atoms with E-state index in [0.717, 1.165) is 30.7 Å². The number of carbonyl (C=O) groups is 1. The first kappa shape index (κ1) is 17.5. The van der Waals surface area contributed by atoms with Crippen LogP contribution >= 0.6 is 0 Å². The highest BCUT2D eigenvalue weighted by Gasteiger charge is 2.32. The van der Waals surface area contributed by atoms with Crippen molar-refractivity contribution >= 4 is 11.6 Å². The number of methoxy groups -OCH3 is 1. The number of unbranched alkanes of at least 4 members (excludes halogenated alkanes) is 1. The Hall–Kier alpha value is -1.55. The molecule has 0 radical (unpaired) electrons. The lowest BCUT2D eigenvalue weighted by atomic mass is 9.97. The topological polar surface area (TPSA) is 47.6 Å². The molecule has 1 rings (SSSR count). The lowest BCUT2D eigenvalue weighted by Crippen LogP contribution is -2.41. The van der Waals surface area contributed by atoms with E-state index in [4.69, 9.17) is 9.47 Å². The predicted octanol–water partition coefficient (Wildman–Crippen LogP) is 4.01. The zero-order valence-electron chi connectivity index (χ0n) is 13.6. The Balaban J connectivity index is 2.64. The van der Waals surface area contributed by atoms with Gasteiger partial charge in [0.15, 0.2) is 0 Å². The van der Waals surface area contributed by atoms with Gasteiger partial charge in [-0.05, 0) is 44.0 Å². The van der Waals surface area contributed by atoms with Gasteiger partial charge in [0.1, 0.15) is 11.4 Å². The zero-order chi connectivity index (χ0) is 15.7. The fraction of sp³-hybridized carbons (Fsp3) is 0.588. The molecule has 0 spiro atoms. The van der Waals surface area contributed by atoms with Crippen molar-refractivity contribution in [1.29, 1.82) is 0 Å². The average Bonchev–Trinajstić information content (AvgIpc) is 2.51. The van der Waals surface area contributed by atoms with E-state index in [1.807, 2.05) is 31.2 Å². The number of hydrogen-bond acceptors (Lipinski definition) is 3. The summed E-state index contributed by atoms with van der Waals surface area (Å²) in [4.78, 5) is 12.4. The van der Waals surface area contributed by atoms with Crippen molar-refractivity contribution in [3.63, 3.8) is 0 Å². The quantitative estimate of drug-likeness (QED) is 0.748. The highest BCUT2D eigenvalue weighted by atomic mass is 16.5. The Bertz CT molecular complexity index is 430. The summed E-state index contributed by atoms with van der Waals surface area (Å²) >= 11 is 0. The van der Waals surface area contributed by atoms with Gasteiger partial charge in [-0.15, -0.1) is 0 Å². The van der Waals surface area contributed by atoms with E-state index in [0.29, 0.717) is 13.0 Å². The van der Waals surface area contributed by atoms with Gasteiger partial charge >= 0.3 is 0 Å². The second kappa shape index (κ2) is 8.67. The minimum absolute atomic E-state index is 0.110. The molecule has 0 saturated carbocycles. The van der Waals surface area contributed by atoms with Crippen molar-refractivity contribution in [2.24, 2.45) is 0 Å². The van der Waals surface area contributed by atoms with Crippen LogP contribution in [0.1, 0.15) is 46.5 Å². The number of hydrogen-bond donors (Lipinski definition) is 1. The molecule has 0 aliphatic rings. The van der Waals surface area contributed by atoms with Crippen LogP contribution in [0.15, 0.2) is 24.3 Å². The summed E-state index contributed by atoms with van der Waals surface area (Å²) in [7, 11) is 1.58. The van der Waals surface area contributed by atoms with Crippen LogP contribution in [0.4, 0.5) is 5.69 Å². The van der Waals surface area contributed by atoms with Gasteiger partial charge in [0.05, 0.1) is 6.61 Å². The van der Waals surface area contributed by atoms with Gasteiger partial charge < -0.3 is 14.8 Å². The summed E-state index contributed by atoms with van der Waals surface area (Å²) in [6.45, 7) is 6.70. The van der Waals surface area contributed by atoms with Crippen LogP contribution in [0.5, 0.6) is 5.75 Å². The molecule has 0 fully saturated rings. The Morgan fingerprint density at radius 1 is 1.19 bits per heavy atom. The highest BCUT2D eigenvalue weighted by Crippen LogP contribution is 2.22. The van der Waals surface area contributed by atoms with Gasteiger partial charge in [0, 0.05) is 12.8 Å². The third-order valence-electron chi connectivity index (χ3n) is 3.52. The maximum absolute atomic E-state index is 12.4. The molecule has 4 heteroatoms. The van der Waals surface area contributed by atoms with Crippen molar-refractivity contribution in [2.45, 2.75) is 52.1 Å². The number of amides is 1. The van der Waals surface area contributed by atoms with Gasteiger partial charge in [-0.25, -0.2) is 0 Å². The highest BCUT2D eigenvalue weighted by molar-refractivity contribution is 5.97. The van der Waals surface area contributed by atoms with Crippen molar-refractivity contribution in [3.05, 3.63) is 24.3 Å². The Morgan fingerprint density at radius 3 is 2.38 bits per heavy atom. The summed E-state index contributed by atoms with van der Waals surface area (Å²) < 4.78 is 10.9. The first-order valence-corrected chi connectivity index (χ1v) is 7.65. The maximum atomic E-state index is 12.4. The van der Waals surface area contributed by atoms with Gasteiger partial charge in [-0.3, -0.25) is 4.79 Å². The monoisotopic (exact) mass is 293 g/mol. The van der Waals surface area contributed by atoms with Crippen LogP contribution in [-0.4, -0.2) is 25.2 Å². The van der Waals surface area contributed by atoms with Crippen LogP contribution in [0.25, 0.3) is 0 Å². The third kappa shape index (κ3) is 5.38. The maximum Gasteiger partial charge on any atom is 0.256 e. The third-order valence-corrected chi connectivity index (χ3v) is 3.52. The minimum atomic E-state index is -0.784. The van der Waals surface area contributed by atoms with Crippen molar-refractivity contribution < 1.29 is 14.3 Å². The summed E-state index contributed by atoms with van der Waals surface area (Å²) in [5.41, 5.74) is -0.0310. The first-order chi connectivity index (χ1) is 10.1. The second-order valence-electron chi connectivity index (χ2n) is 5.37. The smallest absolute Gasteiger partial charge is 0.256 e. The van der Waals surface area contributed by atoms with E-state index in [9.17, 15) is 4.79 Å².